The molecule has 1 unspecified atom stereocenters. The number of fused-ring (bicyclic) bond motifs is 1. The molecule has 1 aromatic carbocycles. The van der Waals surface area contributed by atoms with E-state index >= 15 is 0 Å². The minimum atomic E-state index is -0.941. The molecule has 0 aliphatic carbocycles. The third-order valence-electron chi connectivity index (χ3n) is 2.95. The van der Waals surface area contributed by atoms with Crippen LogP contribution in [0.5, 0.6) is 0 Å². The lowest BCUT2D eigenvalue weighted by Gasteiger charge is -2.39. The quantitative estimate of drug-likeness (QED) is 0.702. The maximum Gasteiger partial charge on any atom is 0.307 e. The zero-order valence-corrected chi connectivity index (χ0v) is 9.17. The first kappa shape index (κ1) is 11.4. The standard InChI is InChI=1S/C11H12N2O4/c1-5-6(4-8(14)15)2-3-7-9(5)13(17)10(7)11(12)16/h2-3,10,17H,4H2,1H3,(H2,12,16)(H,14,15). The van der Waals surface area contributed by atoms with E-state index in [1.807, 2.05) is 0 Å². The van der Waals surface area contributed by atoms with Crippen LogP contribution in [0, 0.1) is 6.92 Å². The summed E-state index contributed by atoms with van der Waals surface area (Å²) in [5, 5.41) is 19.2. The number of carboxylic acids is 1. The molecule has 90 valence electrons. The Bertz CT molecular complexity index is 512. The highest BCUT2D eigenvalue weighted by molar-refractivity contribution is 5.92. The number of anilines is 1. The average Bonchev–Trinajstić information content (AvgIpc) is 2.19. The van der Waals surface area contributed by atoms with Crippen LogP contribution in [-0.2, 0) is 16.0 Å². The number of carboxylic acid groups (broad SMARTS) is 1. The normalized spacial score (nSPS) is 17.3. The number of hydrogen-bond acceptors (Lipinski definition) is 4. The lowest BCUT2D eigenvalue weighted by atomic mass is 9.88. The van der Waals surface area contributed by atoms with Gasteiger partial charge in [-0.1, -0.05) is 12.1 Å². The summed E-state index contributed by atoms with van der Waals surface area (Å²) in [4.78, 5) is 21.7. The van der Waals surface area contributed by atoms with Crippen molar-refractivity contribution in [1.29, 1.82) is 0 Å². The van der Waals surface area contributed by atoms with Crippen LogP contribution in [0.15, 0.2) is 12.1 Å². The predicted octanol–water partition coefficient (Wildman–Crippen LogP) is 0.358. The van der Waals surface area contributed by atoms with Gasteiger partial charge in [-0.15, -0.1) is 0 Å². The second-order valence-corrected chi connectivity index (χ2v) is 4.01. The SMILES string of the molecule is Cc1c(CC(=O)O)ccc2c1N(O)C2C(N)=O. The lowest BCUT2D eigenvalue weighted by molar-refractivity contribution is -0.136. The van der Waals surface area contributed by atoms with Gasteiger partial charge in [-0.05, 0) is 18.1 Å². The third-order valence-corrected chi connectivity index (χ3v) is 2.95. The summed E-state index contributed by atoms with van der Waals surface area (Å²) in [6.07, 6.45) is -0.117. The van der Waals surface area contributed by atoms with Gasteiger partial charge in [-0.25, -0.2) is 5.06 Å². The van der Waals surface area contributed by atoms with Crippen LogP contribution >= 0.6 is 0 Å². The van der Waals surface area contributed by atoms with E-state index in [0.29, 0.717) is 22.4 Å². The van der Waals surface area contributed by atoms with Gasteiger partial charge in [-0.2, -0.15) is 0 Å². The fourth-order valence-electron chi connectivity index (χ4n) is 2.11. The minimum absolute atomic E-state index is 0.117. The Hall–Kier alpha value is -2.08. The third kappa shape index (κ3) is 1.62. The second-order valence-electron chi connectivity index (χ2n) is 4.01. The predicted molar refractivity (Wildman–Crippen MR) is 58.7 cm³/mol. The molecule has 0 spiro atoms. The van der Waals surface area contributed by atoms with Crippen molar-refractivity contribution >= 4 is 17.6 Å². The van der Waals surface area contributed by atoms with Gasteiger partial charge < -0.3 is 10.8 Å². The molecule has 0 saturated carbocycles. The van der Waals surface area contributed by atoms with Gasteiger partial charge in [0.15, 0.2) is 6.04 Å². The molecule has 0 fully saturated rings. The fraction of sp³-hybridized carbons (Fsp3) is 0.273. The Labute approximate surface area is 97.2 Å². The average molecular weight is 236 g/mol. The molecule has 0 bridgehead atoms. The van der Waals surface area contributed by atoms with Gasteiger partial charge in [0.1, 0.15) is 0 Å². The molecule has 1 atom stereocenters. The number of rotatable bonds is 3. The first-order valence-electron chi connectivity index (χ1n) is 5.05. The van der Waals surface area contributed by atoms with Crippen LogP contribution in [0.2, 0.25) is 0 Å². The molecular weight excluding hydrogens is 224 g/mol. The van der Waals surface area contributed by atoms with E-state index in [0.717, 1.165) is 5.06 Å². The van der Waals surface area contributed by atoms with Crippen LogP contribution < -0.4 is 10.8 Å². The molecule has 1 aliphatic heterocycles. The molecule has 6 nitrogen and oxygen atoms in total. The lowest BCUT2D eigenvalue weighted by Crippen LogP contribution is -2.44. The number of amides is 1. The first-order chi connectivity index (χ1) is 7.93. The van der Waals surface area contributed by atoms with Gasteiger partial charge in [0.25, 0.3) is 0 Å². The van der Waals surface area contributed by atoms with Gasteiger partial charge in [0.05, 0.1) is 12.1 Å². The van der Waals surface area contributed by atoms with Crippen LogP contribution in [0.1, 0.15) is 22.7 Å². The van der Waals surface area contributed by atoms with E-state index in [9.17, 15) is 14.8 Å². The number of benzene rings is 1. The zero-order valence-electron chi connectivity index (χ0n) is 9.17. The van der Waals surface area contributed by atoms with Crippen LogP contribution in [0.25, 0.3) is 0 Å². The van der Waals surface area contributed by atoms with E-state index in [2.05, 4.69) is 0 Å². The smallest absolute Gasteiger partial charge is 0.307 e. The molecule has 0 saturated heterocycles. The number of hydroxylamine groups is 1. The summed E-state index contributed by atoms with van der Waals surface area (Å²) >= 11 is 0. The maximum atomic E-state index is 11.1. The summed E-state index contributed by atoms with van der Waals surface area (Å²) in [6, 6.07) is 2.44. The topological polar surface area (TPSA) is 104 Å². The van der Waals surface area contributed by atoms with Crippen molar-refractivity contribution < 1.29 is 19.9 Å². The summed E-state index contributed by atoms with van der Waals surface area (Å²) in [7, 11) is 0. The molecule has 0 radical (unpaired) electrons. The summed E-state index contributed by atoms with van der Waals surface area (Å²) in [5.74, 6) is -1.58. The van der Waals surface area contributed by atoms with Crippen molar-refractivity contribution in [3.05, 3.63) is 28.8 Å². The van der Waals surface area contributed by atoms with Crippen LogP contribution in [0.4, 0.5) is 5.69 Å². The van der Waals surface area contributed by atoms with E-state index in [1.54, 1.807) is 19.1 Å². The molecular formula is C11H12N2O4. The molecule has 6 heteroatoms. The number of carbonyl (C=O) groups excluding carboxylic acids is 1. The Morgan fingerprint density at radius 3 is 2.65 bits per heavy atom. The largest absolute Gasteiger partial charge is 0.481 e. The molecule has 0 aromatic heterocycles. The highest BCUT2D eigenvalue weighted by Crippen LogP contribution is 2.44. The van der Waals surface area contributed by atoms with Crippen LogP contribution in [0.3, 0.4) is 0 Å². The fourth-order valence-corrected chi connectivity index (χ4v) is 2.11. The van der Waals surface area contributed by atoms with E-state index < -0.39 is 17.9 Å². The van der Waals surface area contributed by atoms with Gasteiger partial charge in [0, 0.05) is 5.56 Å². The Kier molecular flexibility index (Phi) is 2.51. The number of nitrogens with zero attached hydrogens (tertiary/aromatic N) is 1. The number of aliphatic carboxylic acids is 1. The minimum Gasteiger partial charge on any atom is -0.481 e. The summed E-state index contributed by atoms with van der Waals surface area (Å²) < 4.78 is 0. The van der Waals surface area contributed by atoms with Gasteiger partial charge >= 0.3 is 5.97 Å². The molecule has 1 amide bonds. The maximum absolute atomic E-state index is 11.1. The van der Waals surface area contributed by atoms with E-state index in [-0.39, 0.29) is 6.42 Å². The van der Waals surface area contributed by atoms with Crippen molar-refractivity contribution in [2.45, 2.75) is 19.4 Å². The molecule has 2 rings (SSSR count). The van der Waals surface area contributed by atoms with Gasteiger partial charge in [-0.3, -0.25) is 14.8 Å². The molecule has 4 N–H and O–H groups in total. The molecule has 1 aliphatic rings. The van der Waals surface area contributed by atoms with E-state index in [1.165, 1.54) is 0 Å². The van der Waals surface area contributed by atoms with Crippen molar-refractivity contribution in [2.24, 2.45) is 5.73 Å². The molecule has 1 aromatic rings. The Balaban J connectivity index is 2.42. The Morgan fingerprint density at radius 1 is 1.47 bits per heavy atom. The Morgan fingerprint density at radius 2 is 2.12 bits per heavy atom. The summed E-state index contributed by atoms with van der Waals surface area (Å²) in [5.41, 5.74) is 7.51. The number of hydrogen-bond donors (Lipinski definition) is 3. The van der Waals surface area contributed by atoms with Crippen molar-refractivity contribution in [1.82, 2.24) is 0 Å². The van der Waals surface area contributed by atoms with Crippen molar-refractivity contribution in [3.8, 4) is 0 Å². The first-order valence-corrected chi connectivity index (χ1v) is 5.05. The van der Waals surface area contributed by atoms with Crippen molar-refractivity contribution in [3.63, 3.8) is 0 Å². The number of carbonyl (C=O) groups is 2. The number of primary amides is 1. The highest BCUT2D eigenvalue weighted by atomic mass is 16.5. The van der Waals surface area contributed by atoms with Crippen molar-refractivity contribution in [2.75, 3.05) is 5.06 Å². The van der Waals surface area contributed by atoms with Crippen LogP contribution in [-0.4, -0.2) is 22.2 Å². The van der Waals surface area contributed by atoms with Gasteiger partial charge in [0.2, 0.25) is 5.91 Å². The second kappa shape index (κ2) is 3.74. The van der Waals surface area contributed by atoms with E-state index in [4.69, 9.17) is 10.8 Å². The zero-order chi connectivity index (χ0) is 12.7. The number of nitrogens with two attached hydrogens (primary N) is 1. The monoisotopic (exact) mass is 236 g/mol. The summed E-state index contributed by atoms with van der Waals surface area (Å²) in [6.45, 7) is 1.71. The molecule has 17 heavy (non-hydrogen) atoms. The molecule has 1 heterocycles. The highest BCUT2D eigenvalue weighted by Gasteiger charge is 2.39.